The SMILES string of the molecule is CC(C)(C)c1ccccc1OCCNc1cccc(OCc2ccccc2)c1. The van der Waals surface area contributed by atoms with E-state index in [0.29, 0.717) is 13.2 Å². The lowest BCUT2D eigenvalue weighted by molar-refractivity contribution is 0.306. The number of para-hydroxylation sites is 1. The third-order valence-electron chi connectivity index (χ3n) is 4.47. The Morgan fingerprint density at radius 2 is 1.54 bits per heavy atom. The monoisotopic (exact) mass is 375 g/mol. The van der Waals surface area contributed by atoms with Crippen molar-refractivity contribution in [2.45, 2.75) is 32.8 Å². The van der Waals surface area contributed by atoms with Gasteiger partial charge in [0.05, 0.1) is 0 Å². The van der Waals surface area contributed by atoms with Gasteiger partial charge in [0.1, 0.15) is 24.7 Å². The standard InChI is InChI=1S/C25H29NO2/c1-25(2,3)23-14-7-8-15-24(23)27-17-16-26-21-12-9-13-22(18-21)28-19-20-10-5-4-6-11-20/h4-15,18,26H,16-17,19H2,1-3H3. The van der Waals surface area contributed by atoms with Crippen LogP contribution in [0.1, 0.15) is 31.9 Å². The number of hydrogen-bond acceptors (Lipinski definition) is 3. The third kappa shape index (κ3) is 5.78. The van der Waals surface area contributed by atoms with E-state index in [-0.39, 0.29) is 5.41 Å². The first-order valence-electron chi connectivity index (χ1n) is 9.75. The van der Waals surface area contributed by atoms with Gasteiger partial charge in [-0.1, -0.05) is 75.4 Å². The van der Waals surface area contributed by atoms with Gasteiger partial charge in [-0.25, -0.2) is 0 Å². The molecule has 0 aromatic heterocycles. The summed E-state index contributed by atoms with van der Waals surface area (Å²) >= 11 is 0. The molecule has 0 aliphatic rings. The zero-order valence-electron chi connectivity index (χ0n) is 16.9. The molecule has 0 aliphatic carbocycles. The van der Waals surface area contributed by atoms with E-state index >= 15 is 0 Å². The topological polar surface area (TPSA) is 30.5 Å². The number of anilines is 1. The lowest BCUT2D eigenvalue weighted by atomic mass is 9.86. The second-order valence-corrected chi connectivity index (χ2v) is 7.82. The van der Waals surface area contributed by atoms with Crippen molar-refractivity contribution in [3.63, 3.8) is 0 Å². The van der Waals surface area contributed by atoms with E-state index in [0.717, 1.165) is 29.3 Å². The molecule has 0 heterocycles. The summed E-state index contributed by atoms with van der Waals surface area (Å²) in [6, 6.07) is 26.5. The molecule has 0 unspecified atom stereocenters. The molecule has 0 bridgehead atoms. The van der Waals surface area contributed by atoms with E-state index in [2.05, 4.69) is 50.4 Å². The molecule has 3 nitrogen and oxygen atoms in total. The van der Waals surface area contributed by atoms with Crippen LogP contribution in [-0.4, -0.2) is 13.2 Å². The highest BCUT2D eigenvalue weighted by molar-refractivity contribution is 5.48. The summed E-state index contributed by atoms with van der Waals surface area (Å²) in [4.78, 5) is 0. The van der Waals surface area contributed by atoms with Crippen LogP contribution < -0.4 is 14.8 Å². The Morgan fingerprint density at radius 1 is 0.786 bits per heavy atom. The number of rotatable bonds is 8. The molecule has 146 valence electrons. The average Bonchev–Trinajstić information content (AvgIpc) is 2.70. The molecule has 0 saturated carbocycles. The van der Waals surface area contributed by atoms with E-state index in [9.17, 15) is 0 Å². The molecule has 3 aromatic carbocycles. The van der Waals surface area contributed by atoms with Gasteiger partial charge in [-0.3, -0.25) is 0 Å². The van der Waals surface area contributed by atoms with Crippen molar-refractivity contribution < 1.29 is 9.47 Å². The van der Waals surface area contributed by atoms with Crippen LogP contribution in [0.15, 0.2) is 78.9 Å². The molecule has 0 atom stereocenters. The van der Waals surface area contributed by atoms with Crippen molar-refractivity contribution in [1.82, 2.24) is 0 Å². The highest BCUT2D eigenvalue weighted by Crippen LogP contribution is 2.30. The third-order valence-corrected chi connectivity index (χ3v) is 4.47. The van der Waals surface area contributed by atoms with Gasteiger partial charge in [0.25, 0.3) is 0 Å². The predicted octanol–water partition coefficient (Wildman–Crippen LogP) is 6.05. The van der Waals surface area contributed by atoms with Crippen molar-refractivity contribution in [3.8, 4) is 11.5 Å². The Hall–Kier alpha value is -2.94. The van der Waals surface area contributed by atoms with Gasteiger partial charge in [-0.2, -0.15) is 0 Å². The number of nitrogens with one attached hydrogen (secondary N) is 1. The molecular formula is C25H29NO2. The number of hydrogen-bond donors (Lipinski definition) is 1. The van der Waals surface area contributed by atoms with Crippen LogP contribution in [0.5, 0.6) is 11.5 Å². The van der Waals surface area contributed by atoms with Crippen molar-refractivity contribution >= 4 is 5.69 Å². The minimum Gasteiger partial charge on any atom is -0.491 e. The van der Waals surface area contributed by atoms with Crippen LogP contribution in [0.3, 0.4) is 0 Å². The molecule has 3 heteroatoms. The molecule has 0 fully saturated rings. The predicted molar refractivity (Wildman–Crippen MR) is 116 cm³/mol. The Kier molecular flexibility index (Phi) is 6.59. The lowest BCUT2D eigenvalue weighted by Crippen LogP contribution is -2.16. The van der Waals surface area contributed by atoms with Gasteiger partial charge in [0, 0.05) is 18.3 Å². The highest BCUT2D eigenvalue weighted by Gasteiger charge is 2.18. The van der Waals surface area contributed by atoms with E-state index in [4.69, 9.17) is 9.47 Å². The van der Waals surface area contributed by atoms with Crippen molar-refractivity contribution in [2.24, 2.45) is 0 Å². The van der Waals surface area contributed by atoms with Crippen LogP contribution >= 0.6 is 0 Å². The summed E-state index contributed by atoms with van der Waals surface area (Å²) in [7, 11) is 0. The summed E-state index contributed by atoms with van der Waals surface area (Å²) in [5, 5.41) is 3.41. The van der Waals surface area contributed by atoms with E-state index in [1.54, 1.807) is 0 Å². The highest BCUT2D eigenvalue weighted by atomic mass is 16.5. The minimum absolute atomic E-state index is 0.0639. The molecule has 3 rings (SSSR count). The fraction of sp³-hybridized carbons (Fsp3) is 0.280. The summed E-state index contributed by atoms with van der Waals surface area (Å²) in [6.07, 6.45) is 0. The summed E-state index contributed by atoms with van der Waals surface area (Å²) in [6.45, 7) is 8.50. The summed E-state index contributed by atoms with van der Waals surface area (Å²) < 4.78 is 11.9. The van der Waals surface area contributed by atoms with E-state index < -0.39 is 0 Å². The van der Waals surface area contributed by atoms with Gasteiger partial charge in [-0.05, 0) is 34.7 Å². The molecule has 0 aliphatic heterocycles. The van der Waals surface area contributed by atoms with E-state index in [1.165, 1.54) is 5.56 Å². The first-order valence-corrected chi connectivity index (χ1v) is 9.75. The maximum atomic E-state index is 6.03. The smallest absolute Gasteiger partial charge is 0.123 e. The molecule has 28 heavy (non-hydrogen) atoms. The molecule has 3 aromatic rings. The first-order chi connectivity index (χ1) is 13.5. The van der Waals surface area contributed by atoms with Crippen LogP contribution in [0.25, 0.3) is 0 Å². The molecule has 0 spiro atoms. The zero-order chi connectivity index (χ0) is 19.8. The fourth-order valence-electron chi connectivity index (χ4n) is 3.01. The Morgan fingerprint density at radius 3 is 2.32 bits per heavy atom. The van der Waals surface area contributed by atoms with E-state index in [1.807, 2.05) is 54.6 Å². The van der Waals surface area contributed by atoms with Crippen molar-refractivity contribution in [2.75, 3.05) is 18.5 Å². The number of ether oxygens (including phenoxy) is 2. The second-order valence-electron chi connectivity index (χ2n) is 7.82. The van der Waals surface area contributed by atoms with Gasteiger partial charge in [-0.15, -0.1) is 0 Å². The van der Waals surface area contributed by atoms with Gasteiger partial charge in [0.2, 0.25) is 0 Å². The van der Waals surface area contributed by atoms with Gasteiger partial charge >= 0.3 is 0 Å². The molecule has 0 radical (unpaired) electrons. The quantitative estimate of drug-likeness (QED) is 0.486. The van der Waals surface area contributed by atoms with Crippen molar-refractivity contribution in [1.29, 1.82) is 0 Å². The largest absolute Gasteiger partial charge is 0.491 e. The normalized spacial score (nSPS) is 11.1. The first kappa shape index (κ1) is 19.8. The maximum Gasteiger partial charge on any atom is 0.123 e. The van der Waals surface area contributed by atoms with Crippen molar-refractivity contribution in [3.05, 3.63) is 90.0 Å². The number of benzene rings is 3. The minimum atomic E-state index is 0.0639. The molecule has 0 amide bonds. The zero-order valence-corrected chi connectivity index (χ0v) is 16.9. The molecular weight excluding hydrogens is 346 g/mol. The summed E-state index contributed by atoms with van der Waals surface area (Å²) in [5.74, 6) is 1.81. The fourth-order valence-corrected chi connectivity index (χ4v) is 3.01. The van der Waals surface area contributed by atoms with Crippen LogP contribution in [-0.2, 0) is 12.0 Å². The Bertz CT molecular complexity index is 869. The maximum absolute atomic E-state index is 6.03. The second kappa shape index (κ2) is 9.32. The van der Waals surface area contributed by atoms with Gasteiger partial charge < -0.3 is 14.8 Å². The summed E-state index contributed by atoms with van der Waals surface area (Å²) in [5.41, 5.74) is 3.48. The van der Waals surface area contributed by atoms with Crippen LogP contribution in [0.4, 0.5) is 5.69 Å². The molecule has 0 saturated heterocycles. The van der Waals surface area contributed by atoms with Crippen LogP contribution in [0, 0.1) is 0 Å². The lowest BCUT2D eigenvalue weighted by Gasteiger charge is -2.22. The Labute approximate surface area is 168 Å². The molecule has 1 N–H and O–H groups in total. The van der Waals surface area contributed by atoms with Gasteiger partial charge in [0.15, 0.2) is 0 Å². The average molecular weight is 376 g/mol. The Balaban J connectivity index is 1.49. The van der Waals surface area contributed by atoms with Crippen LogP contribution in [0.2, 0.25) is 0 Å².